The summed E-state index contributed by atoms with van der Waals surface area (Å²) in [4.78, 5) is 13.4. The number of hydrogen-bond donors (Lipinski definition) is 0. The van der Waals surface area contributed by atoms with Gasteiger partial charge in [0, 0.05) is 11.6 Å². The van der Waals surface area contributed by atoms with Gasteiger partial charge in [0.1, 0.15) is 5.82 Å². The van der Waals surface area contributed by atoms with Crippen LogP contribution in [0.25, 0.3) is 22.2 Å². The Morgan fingerprint density at radius 1 is 0.969 bits per heavy atom. The monoisotopic (exact) mass is 434 g/mol. The molecule has 0 aliphatic rings. The Kier molecular flexibility index (Phi) is 6.04. The second kappa shape index (κ2) is 8.91. The van der Waals surface area contributed by atoms with Crippen LogP contribution < -0.4 is 15.2 Å². The Hall–Kier alpha value is -3.54. The Balaban J connectivity index is 1.84. The molecule has 0 saturated carbocycles. The van der Waals surface area contributed by atoms with Crippen LogP contribution in [-0.4, -0.2) is 22.9 Å². The molecule has 0 saturated heterocycles. The number of fused-ring (bicyclic) bond motifs is 1. The number of ether oxygens (including phenoxy) is 2. The Bertz CT molecular complexity index is 1320. The lowest BCUT2D eigenvalue weighted by atomic mass is 10.0. The molecule has 0 spiro atoms. The SMILES string of the molecule is CCOc1cc(Cn2c(=O)n(C(C)C)c3cc(-c4ccccc4F)ccc32)ccc1OC. The van der Waals surface area contributed by atoms with Crippen LogP contribution in [0, 0.1) is 5.82 Å². The van der Waals surface area contributed by atoms with Gasteiger partial charge in [-0.2, -0.15) is 0 Å². The topological polar surface area (TPSA) is 45.4 Å². The smallest absolute Gasteiger partial charge is 0.329 e. The van der Waals surface area contributed by atoms with Crippen LogP contribution in [0.2, 0.25) is 0 Å². The molecular weight excluding hydrogens is 407 g/mol. The minimum atomic E-state index is -0.286. The van der Waals surface area contributed by atoms with Crippen molar-refractivity contribution in [2.24, 2.45) is 0 Å². The van der Waals surface area contributed by atoms with Gasteiger partial charge in [-0.1, -0.05) is 30.3 Å². The van der Waals surface area contributed by atoms with E-state index < -0.39 is 0 Å². The van der Waals surface area contributed by atoms with E-state index >= 15 is 0 Å². The van der Waals surface area contributed by atoms with Crippen molar-refractivity contribution in [3.05, 3.63) is 82.5 Å². The van der Waals surface area contributed by atoms with E-state index in [1.54, 1.807) is 28.4 Å². The van der Waals surface area contributed by atoms with E-state index in [0.29, 0.717) is 30.2 Å². The molecule has 0 radical (unpaired) electrons. The molecular formula is C26H27FN2O3. The average Bonchev–Trinajstić information content (AvgIpc) is 3.05. The highest BCUT2D eigenvalue weighted by atomic mass is 19.1. The van der Waals surface area contributed by atoms with E-state index in [1.165, 1.54) is 6.07 Å². The molecule has 0 fully saturated rings. The van der Waals surface area contributed by atoms with Crippen molar-refractivity contribution in [3.63, 3.8) is 0 Å². The lowest BCUT2D eigenvalue weighted by Gasteiger charge is -2.11. The third kappa shape index (κ3) is 3.88. The predicted molar refractivity (Wildman–Crippen MR) is 125 cm³/mol. The van der Waals surface area contributed by atoms with Crippen molar-refractivity contribution in [2.45, 2.75) is 33.4 Å². The zero-order chi connectivity index (χ0) is 22.8. The van der Waals surface area contributed by atoms with Gasteiger partial charge in [-0.3, -0.25) is 9.13 Å². The molecule has 0 bridgehead atoms. The van der Waals surface area contributed by atoms with E-state index in [0.717, 1.165) is 22.2 Å². The molecule has 166 valence electrons. The molecule has 4 aromatic rings. The third-order valence-corrected chi connectivity index (χ3v) is 5.53. The number of methoxy groups -OCH3 is 1. The first kappa shape index (κ1) is 21.7. The van der Waals surface area contributed by atoms with Crippen molar-refractivity contribution < 1.29 is 13.9 Å². The number of aromatic nitrogens is 2. The fraction of sp³-hybridized carbons (Fsp3) is 0.269. The first-order valence-electron chi connectivity index (χ1n) is 10.7. The number of imidazole rings is 1. The van der Waals surface area contributed by atoms with Gasteiger partial charge in [0.15, 0.2) is 11.5 Å². The number of halogens is 1. The fourth-order valence-electron chi connectivity index (χ4n) is 4.07. The molecule has 1 aromatic heterocycles. The van der Waals surface area contributed by atoms with Gasteiger partial charge in [-0.05, 0) is 62.2 Å². The first-order valence-corrected chi connectivity index (χ1v) is 10.7. The lowest BCUT2D eigenvalue weighted by Crippen LogP contribution is -2.26. The van der Waals surface area contributed by atoms with Crippen molar-refractivity contribution in [1.29, 1.82) is 0 Å². The maximum atomic E-state index is 14.4. The fourth-order valence-corrected chi connectivity index (χ4v) is 4.07. The molecule has 0 N–H and O–H groups in total. The van der Waals surface area contributed by atoms with Crippen LogP contribution in [0.15, 0.2) is 65.5 Å². The summed E-state index contributed by atoms with van der Waals surface area (Å²) in [6.07, 6.45) is 0. The van der Waals surface area contributed by atoms with Crippen LogP contribution in [0.1, 0.15) is 32.4 Å². The summed E-state index contributed by atoms with van der Waals surface area (Å²) in [5.74, 6) is 1.02. The van der Waals surface area contributed by atoms with E-state index in [-0.39, 0.29) is 17.5 Å². The summed E-state index contributed by atoms with van der Waals surface area (Å²) >= 11 is 0. The molecule has 32 heavy (non-hydrogen) atoms. The van der Waals surface area contributed by atoms with Crippen molar-refractivity contribution in [2.75, 3.05) is 13.7 Å². The number of benzene rings is 3. The molecule has 1 heterocycles. The summed E-state index contributed by atoms with van der Waals surface area (Å²) in [5, 5.41) is 0. The van der Waals surface area contributed by atoms with Crippen molar-refractivity contribution in [1.82, 2.24) is 9.13 Å². The highest BCUT2D eigenvalue weighted by Gasteiger charge is 2.18. The van der Waals surface area contributed by atoms with Gasteiger partial charge in [-0.25, -0.2) is 9.18 Å². The van der Waals surface area contributed by atoms with Gasteiger partial charge < -0.3 is 9.47 Å². The largest absolute Gasteiger partial charge is 0.493 e. The maximum Gasteiger partial charge on any atom is 0.329 e. The average molecular weight is 435 g/mol. The lowest BCUT2D eigenvalue weighted by molar-refractivity contribution is 0.310. The van der Waals surface area contributed by atoms with Crippen molar-refractivity contribution in [3.8, 4) is 22.6 Å². The summed E-state index contributed by atoms with van der Waals surface area (Å²) in [7, 11) is 1.60. The molecule has 5 nitrogen and oxygen atoms in total. The minimum Gasteiger partial charge on any atom is -0.493 e. The highest BCUT2D eigenvalue weighted by Crippen LogP contribution is 2.30. The van der Waals surface area contributed by atoms with Crippen LogP contribution >= 0.6 is 0 Å². The summed E-state index contributed by atoms with van der Waals surface area (Å²) in [6, 6.07) is 18.0. The van der Waals surface area contributed by atoms with Crippen LogP contribution in [0.4, 0.5) is 4.39 Å². The van der Waals surface area contributed by atoms with E-state index in [1.807, 2.05) is 63.2 Å². The summed E-state index contributed by atoms with van der Waals surface area (Å²) < 4.78 is 28.9. The molecule has 6 heteroatoms. The standard InChI is InChI=1S/C26H27FN2O3/c1-5-32-25-14-18(10-13-24(25)31-4)16-28-22-12-11-19(20-8-6-7-9-21(20)27)15-23(22)29(17(2)3)26(28)30/h6-15,17H,5,16H2,1-4H3. The molecule has 4 rings (SSSR count). The second-order valence-corrected chi connectivity index (χ2v) is 7.93. The predicted octanol–water partition coefficient (Wildman–Crippen LogP) is 5.65. The molecule has 0 amide bonds. The van der Waals surface area contributed by atoms with E-state index in [2.05, 4.69) is 0 Å². The Morgan fingerprint density at radius 3 is 2.44 bits per heavy atom. The van der Waals surface area contributed by atoms with E-state index in [9.17, 15) is 9.18 Å². The van der Waals surface area contributed by atoms with E-state index in [4.69, 9.17) is 9.47 Å². The quantitative estimate of drug-likeness (QED) is 0.378. The molecule has 3 aromatic carbocycles. The summed E-state index contributed by atoms with van der Waals surface area (Å²) in [6.45, 7) is 6.77. The molecule has 0 aliphatic heterocycles. The molecule has 0 atom stereocenters. The summed E-state index contributed by atoms with van der Waals surface area (Å²) in [5.41, 5.74) is 3.67. The third-order valence-electron chi connectivity index (χ3n) is 5.53. The molecule has 0 aliphatic carbocycles. The Morgan fingerprint density at radius 2 is 1.75 bits per heavy atom. The zero-order valence-electron chi connectivity index (χ0n) is 18.8. The van der Waals surface area contributed by atoms with Gasteiger partial charge in [0.05, 0.1) is 31.3 Å². The normalized spacial score (nSPS) is 11.3. The van der Waals surface area contributed by atoms with Crippen LogP contribution in [0.5, 0.6) is 11.5 Å². The number of nitrogens with zero attached hydrogens (tertiary/aromatic N) is 2. The van der Waals surface area contributed by atoms with Gasteiger partial charge in [-0.15, -0.1) is 0 Å². The first-order chi connectivity index (χ1) is 15.4. The van der Waals surface area contributed by atoms with Gasteiger partial charge in [0.2, 0.25) is 0 Å². The van der Waals surface area contributed by atoms with Crippen LogP contribution in [0.3, 0.4) is 0 Å². The second-order valence-electron chi connectivity index (χ2n) is 7.93. The van der Waals surface area contributed by atoms with Gasteiger partial charge >= 0.3 is 5.69 Å². The zero-order valence-corrected chi connectivity index (χ0v) is 18.8. The van der Waals surface area contributed by atoms with Crippen LogP contribution in [-0.2, 0) is 6.54 Å². The van der Waals surface area contributed by atoms with Crippen molar-refractivity contribution >= 4 is 11.0 Å². The van der Waals surface area contributed by atoms with Gasteiger partial charge in [0.25, 0.3) is 0 Å². The minimum absolute atomic E-state index is 0.0445. The Labute approximate surface area is 186 Å². The maximum absolute atomic E-state index is 14.4. The molecule has 0 unspecified atom stereocenters. The highest BCUT2D eigenvalue weighted by molar-refractivity contribution is 5.83. The number of rotatable bonds is 7. The number of hydrogen-bond acceptors (Lipinski definition) is 3.